The Morgan fingerprint density at radius 2 is 1.96 bits per heavy atom. The monoisotopic (exact) mass is 352 g/mol. The minimum absolute atomic E-state index is 0.0592. The number of rotatable bonds is 3. The van der Waals surface area contributed by atoms with Gasteiger partial charge in [-0.2, -0.15) is 0 Å². The molecule has 0 unspecified atom stereocenters. The van der Waals surface area contributed by atoms with Crippen LogP contribution in [-0.2, 0) is 10.2 Å². The van der Waals surface area contributed by atoms with E-state index in [9.17, 15) is 9.59 Å². The van der Waals surface area contributed by atoms with Crippen molar-refractivity contribution in [2.45, 2.75) is 11.8 Å². The normalized spacial score (nSPS) is 20.8. The van der Waals surface area contributed by atoms with E-state index in [4.69, 9.17) is 9.47 Å². The van der Waals surface area contributed by atoms with Crippen LogP contribution in [0.15, 0.2) is 42.5 Å². The fourth-order valence-corrected chi connectivity index (χ4v) is 3.90. The van der Waals surface area contributed by atoms with Gasteiger partial charge in [0, 0.05) is 18.8 Å². The van der Waals surface area contributed by atoms with Crippen molar-refractivity contribution in [3.8, 4) is 11.5 Å². The molecule has 2 heterocycles. The largest absolute Gasteiger partial charge is 0.497 e. The Hall–Kier alpha value is -3.02. The lowest BCUT2D eigenvalue weighted by Gasteiger charge is -2.23. The summed E-state index contributed by atoms with van der Waals surface area (Å²) in [4.78, 5) is 27.5. The molecule has 1 fully saturated rings. The standard InChI is InChI=1S/C20H20N2O4/c1-25-13-7-8-16-15(11-13)20(19(24)21-16)9-10-22(12-20)18(23)14-5-3-4-6-17(14)26-2/h3-8,11H,9-10,12H2,1-2H3,(H,21,24)/t20-/m1/s1. The van der Waals surface area contributed by atoms with Gasteiger partial charge in [-0.1, -0.05) is 12.1 Å². The van der Waals surface area contributed by atoms with Crippen LogP contribution in [0.3, 0.4) is 0 Å². The first kappa shape index (κ1) is 16.4. The van der Waals surface area contributed by atoms with Crippen LogP contribution in [-0.4, -0.2) is 44.0 Å². The summed E-state index contributed by atoms with van der Waals surface area (Å²) in [7, 11) is 3.15. The molecule has 1 atom stereocenters. The number of hydrogen-bond donors (Lipinski definition) is 1. The Balaban J connectivity index is 1.67. The number of hydrogen-bond acceptors (Lipinski definition) is 4. The second-order valence-corrected chi connectivity index (χ2v) is 6.62. The third-order valence-electron chi connectivity index (χ3n) is 5.32. The summed E-state index contributed by atoms with van der Waals surface area (Å²) in [6.45, 7) is 0.858. The predicted octanol–water partition coefficient (Wildman–Crippen LogP) is 2.44. The van der Waals surface area contributed by atoms with Crippen LogP contribution in [0.2, 0.25) is 0 Å². The highest BCUT2D eigenvalue weighted by Crippen LogP contribution is 2.45. The van der Waals surface area contributed by atoms with E-state index in [1.54, 1.807) is 31.3 Å². The molecule has 134 valence electrons. The first-order valence-electron chi connectivity index (χ1n) is 8.51. The van der Waals surface area contributed by atoms with Crippen molar-refractivity contribution < 1.29 is 19.1 Å². The van der Waals surface area contributed by atoms with Gasteiger partial charge >= 0.3 is 0 Å². The second-order valence-electron chi connectivity index (χ2n) is 6.62. The van der Waals surface area contributed by atoms with Crippen molar-refractivity contribution in [2.24, 2.45) is 0 Å². The summed E-state index contributed by atoms with van der Waals surface area (Å²) >= 11 is 0. The van der Waals surface area contributed by atoms with Crippen LogP contribution in [0, 0.1) is 0 Å². The molecule has 6 heteroatoms. The van der Waals surface area contributed by atoms with Crippen molar-refractivity contribution in [1.29, 1.82) is 0 Å². The van der Waals surface area contributed by atoms with Crippen molar-refractivity contribution in [2.75, 3.05) is 32.6 Å². The number of para-hydroxylation sites is 1. The van der Waals surface area contributed by atoms with Gasteiger partial charge in [-0.15, -0.1) is 0 Å². The van der Waals surface area contributed by atoms with Crippen molar-refractivity contribution in [3.05, 3.63) is 53.6 Å². The number of anilines is 1. The van der Waals surface area contributed by atoms with Crippen LogP contribution in [0.1, 0.15) is 22.3 Å². The van der Waals surface area contributed by atoms with Gasteiger partial charge in [0.1, 0.15) is 11.5 Å². The number of carbonyl (C=O) groups is 2. The van der Waals surface area contributed by atoms with Gasteiger partial charge in [0.05, 0.1) is 25.2 Å². The highest BCUT2D eigenvalue weighted by molar-refractivity contribution is 6.08. The number of benzene rings is 2. The minimum Gasteiger partial charge on any atom is -0.497 e. The number of nitrogens with one attached hydrogen (secondary N) is 1. The molecule has 1 spiro atoms. The molecule has 1 N–H and O–H groups in total. The number of carbonyl (C=O) groups excluding carboxylic acids is 2. The molecule has 26 heavy (non-hydrogen) atoms. The third kappa shape index (κ3) is 2.33. The summed E-state index contributed by atoms with van der Waals surface area (Å²) in [5, 5.41) is 2.95. The van der Waals surface area contributed by atoms with Crippen molar-refractivity contribution in [1.82, 2.24) is 4.90 Å². The number of amides is 2. The van der Waals surface area contributed by atoms with E-state index in [1.807, 2.05) is 30.3 Å². The quantitative estimate of drug-likeness (QED) is 0.921. The molecule has 0 aliphatic carbocycles. The van der Waals surface area contributed by atoms with Crippen LogP contribution in [0.25, 0.3) is 0 Å². The van der Waals surface area contributed by atoms with E-state index in [-0.39, 0.29) is 11.8 Å². The fourth-order valence-electron chi connectivity index (χ4n) is 3.90. The SMILES string of the molecule is COc1ccc2c(c1)[C@]1(CCN(C(=O)c3ccccc3OC)C1)C(=O)N2. The highest BCUT2D eigenvalue weighted by atomic mass is 16.5. The Bertz CT molecular complexity index is 895. The zero-order chi connectivity index (χ0) is 18.3. The highest BCUT2D eigenvalue weighted by Gasteiger charge is 2.52. The van der Waals surface area contributed by atoms with Gasteiger partial charge in [-0.3, -0.25) is 9.59 Å². The van der Waals surface area contributed by atoms with E-state index in [0.29, 0.717) is 36.6 Å². The number of likely N-dealkylation sites (tertiary alicyclic amines) is 1. The van der Waals surface area contributed by atoms with E-state index >= 15 is 0 Å². The third-order valence-corrected chi connectivity index (χ3v) is 5.32. The van der Waals surface area contributed by atoms with Gasteiger partial charge in [-0.25, -0.2) is 0 Å². The molecule has 2 amide bonds. The Morgan fingerprint density at radius 3 is 2.73 bits per heavy atom. The number of methoxy groups -OCH3 is 2. The molecule has 2 aromatic rings. The first-order chi connectivity index (χ1) is 12.6. The average Bonchev–Trinajstić information content (AvgIpc) is 3.24. The maximum atomic E-state index is 13.0. The van der Waals surface area contributed by atoms with Crippen LogP contribution < -0.4 is 14.8 Å². The lowest BCUT2D eigenvalue weighted by Crippen LogP contribution is -2.39. The molecular formula is C20H20N2O4. The van der Waals surface area contributed by atoms with Crippen molar-refractivity contribution >= 4 is 17.5 Å². The van der Waals surface area contributed by atoms with Gasteiger partial charge in [-0.05, 0) is 42.3 Å². The summed E-state index contributed by atoms with van der Waals surface area (Å²) in [6, 6.07) is 12.7. The van der Waals surface area contributed by atoms with E-state index in [1.165, 1.54) is 0 Å². The molecule has 2 aliphatic rings. The molecule has 0 radical (unpaired) electrons. The average molecular weight is 352 g/mol. The molecule has 4 rings (SSSR count). The van der Waals surface area contributed by atoms with Crippen LogP contribution in [0.5, 0.6) is 11.5 Å². The molecule has 6 nitrogen and oxygen atoms in total. The molecule has 0 bridgehead atoms. The zero-order valence-electron chi connectivity index (χ0n) is 14.7. The number of ether oxygens (including phenoxy) is 2. The molecule has 1 saturated heterocycles. The lowest BCUT2D eigenvalue weighted by molar-refractivity contribution is -0.120. The maximum Gasteiger partial charge on any atom is 0.257 e. The topological polar surface area (TPSA) is 67.9 Å². The van der Waals surface area contributed by atoms with E-state index in [2.05, 4.69) is 5.32 Å². The predicted molar refractivity (Wildman–Crippen MR) is 96.8 cm³/mol. The van der Waals surface area contributed by atoms with Crippen molar-refractivity contribution in [3.63, 3.8) is 0 Å². The summed E-state index contributed by atoms with van der Waals surface area (Å²) in [6.07, 6.45) is 0.583. The lowest BCUT2D eigenvalue weighted by atomic mass is 9.81. The number of fused-ring (bicyclic) bond motifs is 2. The van der Waals surface area contributed by atoms with Crippen LogP contribution in [0.4, 0.5) is 5.69 Å². The Labute approximate surface area is 151 Å². The molecule has 0 aromatic heterocycles. The maximum absolute atomic E-state index is 13.0. The zero-order valence-corrected chi connectivity index (χ0v) is 14.7. The van der Waals surface area contributed by atoms with Gasteiger partial charge in [0.25, 0.3) is 5.91 Å². The van der Waals surface area contributed by atoms with Gasteiger partial charge in [0.15, 0.2) is 0 Å². The summed E-state index contributed by atoms with van der Waals surface area (Å²) < 4.78 is 10.6. The Morgan fingerprint density at radius 1 is 1.15 bits per heavy atom. The fraction of sp³-hybridized carbons (Fsp3) is 0.300. The van der Waals surface area contributed by atoms with E-state index < -0.39 is 5.41 Å². The summed E-state index contributed by atoms with van der Waals surface area (Å²) in [5.74, 6) is 1.06. The van der Waals surface area contributed by atoms with Gasteiger partial charge in [0.2, 0.25) is 5.91 Å². The van der Waals surface area contributed by atoms with E-state index in [0.717, 1.165) is 11.3 Å². The van der Waals surface area contributed by atoms with Gasteiger partial charge < -0.3 is 19.7 Å². The minimum atomic E-state index is -0.721. The molecule has 0 saturated carbocycles. The summed E-state index contributed by atoms with van der Waals surface area (Å²) in [5.41, 5.74) is 1.48. The molecule has 2 aliphatic heterocycles. The first-order valence-corrected chi connectivity index (χ1v) is 8.51. The molecule has 2 aromatic carbocycles. The van der Waals surface area contributed by atoms with Crippen LogP contribution >= 0.6 is 0 Å². The number of nitrogens with zero attached hydrogens (tertiary/aromatic N) is 1. The Kier molecular flexibility index (Phi) is 3.83. The second kappa shape index (κ2) is 6.05. The molecular weight excluding hydrogens is 332 g/mol. The smallest absolute Gasteiger partial charge is 0.257 e.